The van der Waals surface area contributed by atoms with Crippen LogP contribution in [0, 0.1) is 0 Å². The lowest BCUT2D eigenvalue weighted by Crippen LogP contribution is -2.37. The summed E-state index contributed by atoms with van der Waals surface area (Å²) in [7, 11) is 1.94. The molecule has 2 aromatic heterocycles. The van der Waals surface area contributed by atoms with Gasteiger partial charge in [-0.05, 0) is 11.6 Å². The highest BCUT2D eigenvalue weighted by molar-refractivity contribution is 5.31. The molecule has 2 aromatic rings. The number of hydrogen-bond donors (Lipinski definition) is 0. The van der Waals surface area contributed by atoms with Crippen LogP contribution in [0.1, 0.15) is 11.3 Å². The van der Waals surface area contributed by atoms with E-state index in [9.17, 15) is 0 Å². The smallest absolute Gasteiger partial charge is 0.225 e. The van der Waals surface area contributed by atoms with Gasteiger partial charge in [0.25, 0.3) is 0 Å². The van der Waals surface area contributed by atoms with Gasteiger partial charge in [-0.1, -0.05) is 0 Å². The van der Waals surface area contributed by atoms with E-state index in [-0.39, 0.29) is 0 Å². The summed E-state index contributed by atoms with van der Waals surface area (Å²) in [6, 6.07) is 2.01. The lowest BCUT2D eigenvalue weighted by atomic mass is 10.2. The Hall–Kier alpha value is -1.95. The largest absolute Gasteiger partial charge is 0.378 e. The third kappa shape index (κ3) is 2.73. The molecule has 1 aliphatic heterocycles. The minimum absolute atomic E-state index is 0.750. The third-order valence-electron chi connectivity index (χ3n) is 3.29. The second-order valence-electron chi connectivity index (χ2n) is 4.61. The fourth-order valence-corrected chi connectivity index (χ4v) is 2.15. The van der Waals surface area contributed by atoms with E-state index in [1.165, 1.54) is 0 Å². The lowest BCUT2D eigenvalue weighted by Gasteiger charge is -2.26. The molecule has 0 bridgehead atoms. The van der Waals surface area contributed by atoms with E-state index in [2.05, 4.69) is 20.0 Å². The van der Waals surface area contributed by atoms with Gasteiger partial charge in [0.05, 0.1) is 13.2 Å². The van der Waals surface area contributed by atoms with Gasteiger partial charge < -0.3 is 9.64 Å². The van der Waals surface area contributed by atoms with E-state index in [1.807, 2.05) is 30.2 Å². The Morgan fingerprint density at radius 2 is 1.95 bits per heavy atom. The molecule has 0 atom stereocenters. The van der Waals surface area contributed by atoms with Crippen LogP contribution in [0.4, 0.5) is 5.95 Å². The zero-order chi connectivity index (χ0) is 13.1. The molecule has 1 aliphatic rings. The van der Waals surface area contributed by atoms with Gasteiger partial charge in [0.2, 0.25) is 5.95 Å². The van der Waals surface area contributed by atoms with Gasteiger partial charge in [-0.25, -0.2) is 9.97 Å². The van der Waals surface area contributed by atoms with Gasteiger partial charge in [-0.3, -0.25) is 4.68 Å². The van der Waals surface area contributed by atoms with Crippen molar-refractivity contribution in [2.75, 3.05) is 31.2 Å². The maximum absolute atomic E-state index is 5.32. The third-order valence-corrected chi connectivity index (χ3v) is 3.29. The Bertz CT molecular complexity index is 530. The zero-order valence-corrected chi connectivity index (χ0v) is 11.0. The van der Waals surface area contributed by atoms with Crippen molar-refractivity contribution in [1.29, 1.82) is 0 Å². The molecule has 6 nitrogen and oxygen atoms in total. The first kappa shape index (κ1) is 12.1. The van der Waals surface area contributed by atoms with E-state index >= 15 is 0 Å². The summed E-state index contributed by atoms with van der Waals surface area (Å²) in [6.45, 7) is 3.22. The Morgan fingerprint density at radius 1 is 1.21 bits per heavy atom. The van der Waals surface area contributed by atoms with E-state index in [1.54, 1.807) is 6.20 Å². The number of morpholine rings is 1. The molecular formula is C13H17N5O. The first-order valence-electron chi connectivity index (χ1n) is 6.43. The normalized spacial score (nSPS) is 15.7. The molecule has 0 saturated carbocycles. The molecule has 3 rings (SSSR count). The first-order chi connectivity index (χ1) is 9.33. The summed E-state index contributed by atoms with van der Waals surface area (Å²) in [5.74, 6) is 0.789. The Morgan fingerprint density at radius 3 is 2.58 bits per heavy atom. The van der Waals surface area contributed by atoms with Crippen molar-refractivity contribution in [2.45, 2.75) is 6.42 Å². The van der Waals surface area contributed by atoms with Crippen molar-refractivity contribution in [3.05, 3.63) is 35.9 Å². The van der Waals surface area contributed by atoms with Crippen molar-refractivity contribution in [2.24, 2.45) is 7.05 Å². The molecular weight excluding hydrogens is 242 g/mol. The molecule has 1 fully saturated rings. The minimum atomic E-state index is 0.750. The summed E-state index contributed by atoms with van der Waals surface area (Å²) in [6.07, 6.45) is 6.40. The summed E-state index contributed by atoms with van der Waals surface area (Å²) < 4.78 is 7.19. The van der Waals surface area contributed by atoms with Gasteiger partial charge in [0.15, 0.2) is 0 Å². The summed E-state index contributed by atoms with van der Waals surface area (Å²) in [5, 5.41) is 4.16. The predicted octanol–water partition coefficient (Wildman–Crippen LogP) is 0.637. The van der Waals surface area contributed by atoms with E-state index in [0.29, 0.717) is 0 Å². The standard InChI is InChI=1S/C13H17N5O/c1-17-12(2-3-16-17)8-11-9-14-13(15-10-11)18-4-6-19-7-5-18/h2-3,9-10H,4-8H2,1H3. The molecule has 0 aromatic carbocycles. The molecule has 6 heteroatoms. The quantitative estimate of drug-likeness (QED) is 0.809. The predicted molar refractivity (Wildman–Crippen MR) is 71.1 cm³/mol. The van der Waals surface area contributed by atoms with Crippen LogP contribution in [0.2, 0.25) is 0 Å². The highest BCUT2D eigenvalue weighted by atomic mass is 16.5. The Labute approximate surface area is 112 Å². The maximum Gasteiger partial charge on any atom is 0.225 e. The van der Waals surface area contributed by atoms with Gasteiger partial charge >= 0.3 is 0 Å². The number of nitrogens with zero attached hydrogens (tertiary/aromatic N) is 5. The monoisotopic (exact) mass is 259 g/mol. The fourth-order valence-electron chi connectivity index (χ4n) is 2.15. The Balaban J connectivity index is 1.70. The van der Waals surface area contributed by atoms with Crippen LogP contribution in [0.5, 0.6) is 0 Å². The van der Waals surface area contributed by atoms with Crippen molar-refractivity contribution in [3.8, 4) is 0 Å². The summed E-state index contributed by atoms with van der Waals surface area (Å²) >= 11 is 0. The Kier molecular flexibility index (Phi) is 3.41. The average Bonchev–Trinajstić information content (AvgIpc) is 2.86. The second kappa shape index (κ2) is 5.36. The van der Waals surface area contributed by atoms with Crippen LogP contribution in [0.25, 0.3) is 0 Å². The SMILES string of the molecule is Cn1nccc1Cc1cnc(N2CCOCC2)nc1. The van der Waals surface area contributed by atoms with Crippen LogP contribution in [0.15, 0.2) is 24.7 Å². The average molecular weight is 259 g/mol. The number of rotatable bonds is 3. The van der Waals surface area contributed by atoms with Crippen molar-refractivity contribution in [3.63, 3.8) is 0 Å². The molecule has 0 aliphatic carbocycles. The molecule has 0 unspecified atom stereocenters. The number of anilines is 1. The van der Waals surface area contributed by atoms with Crippen LogP contribution in [-0.2, 0) is 18.2 Å². The molecule has 19 heavy (non-hydrogen) atoms. The van der Waals surface area contributed by atoms with Crippen molar-refractivity contribution < 1.29 is 4.74 Å². The molecule has 0 amide bonds. The van der Waals surface area contributed by atoms with E-state index in [0.717, 1.165) is 49.9 Å². The van der Waals surface area contributed by atoms with Crippen molar-refractivity contribution in [1.82, 2.24) is 19.7 Å². The number of aryl methyl sites for hydroxylation is 1. The maximum atomic E-state index is 5.32. The van der Waals surface area contributed by atoms with Gasteiger partial charge in [-0.2, -0.15) is 5.10 Å². The number of hydrogen-bond acceptors (Lipinski definition) is 5. The van der Waals surface area contributed by atoms with Gasteiger partial charge in [-0.15, -0.1) is 0 Å². The fraction of sp³-hybridized carbons (Fsp3) is 0.462. The number of aromatic nitrogens is 4. The van der Waals surface area contributed by atoms with Crippen LogP contribution in [0.3, 0.4) is 0 Å². The van der Waals surface area contributed by atoms with E-state index in [4.69, 9.17) is 4.74 Å². The molecule has 3 heterocycles. The van der Waals surface area contributed by atoms with Crippen LogP contribution in [-0.4, -0.2) is 46.1 Å². The molecule has 1 saturated heterocycles. The highest BCUT2D eigenvalue weighted by Crippen LogP contribution is 2.11. The summed E-state index contributed by atoms with van der Waals surface area (Å²) in [4.78, 5) is 11.0. The summed E-state index contributed by atoms with van der Waals surface area (Å²) in [5.41, 5.74) is 2.25. The van der Waals surface area contributed by atoms with Crippen LogP contribution < -0.4 is 4.90 Å². The van der Waals surface area contributed by atoms with Gasteiger partial charge in [0, 0.05) is 50.8 Å². The lowest BCUT2D eigenvalue weighted by molar-refractivity contribution is 0.122. The van der Waals surface area contributed by atoms with E-state index < -0.39 is 0 Å². The first-order valence-corrected chi connectivity index (χ1v) is 6.43. The molecule has 0 radical (unpaired) electrons. The minimum Gasteiger partial charge on any atom is -0.378 e. The number of ether oxygens (including phenoxy) is 1. The second-order valence-corrected chi connectivity index (χ2v) is 4.61. The highest BCUT2D eigenvalue weighted by Gasteiger charge is 2.13. The van der Waals surface area contributed by atoms with Gasteiger partial charge in [0.1, 0.15) is 0 Å². The molecule has 0 N–H and O–H groups in total. The topological polar surface area (TPSA) is 56.1 Å². The van der Waals surface area contributed by atoms with Crippen LogP contribution >= 0.6 is 0 Å². The molecule has 100 valence electrons. The van der Waals surface area contributed by atoms with Crippen molar-refractivity contribution >= 4 is 5.95 Å². The molecule has 0 spiro atoms. The zero-order valence-electron chi connectivity index (χ0n) is 11.0.